The van der Waals surface area contributed by atoms with E-state index in [9.17, 15) is 14.4 Å². The molecule has 2 aliphatic heterocycles. The molecule has 2 fully saturated rings. The fourth-order valence-electron chi connectivity index (χ4n) is 3.92. The molecule has 0 atom stereocenters. The minimum absolute atomic E-state index is 0.0386. The van der Waals surface area contributed by atoms with Gasteiger partial charge in [0.2, 0.25) is 11.8 Å². The average Bonchev–Trinajstić information content (AvgIpc) is 3.33. The third-order valence-corrected chi connectivity index (χ3v) is 5.71. The molecule has 5 rings (SSSR count). The first kappa shape index (κ1) is 18.5. The lowest BCUT2D eigenvalue weighted by Gasteiger charge is -2.38. The molecule has 0 bridgehead atoms. The standard InChI is InChI=1S/C20H21N7O3/c28-18-6-3-7-24(18)8-14-9-27(23-22-14)15-10-25(11-15)19(29)12-26-13-21-17-5-2-1-4-16(17)20(26)30/h1-2,4-5,9,13,15H,3,6-8,10-12H2. The van der Waals surface area contributed by atoms with Crippen LogP contribution in [0.25, 0.3) is 10.9 Å². The highest BCUT2D eigenvalue weighted by molar-refractivity contribution is 5.79. The number of fused-ring (bicyclic) bond motifs is 1. The van der Waals surface area contributed by atoms with Gasteiger partial charge in [-0.05, 0) is 18.6 Å². The van der Waals surface area contributed by atoms with Crippen molar-refractivity contribution in [2.75, 3.05) is 19.6 Å². The molecule has 4 heterocycles. The highest BCUT2D eigenvalue weighted by atomic mass is 16.2. The van der Waals surface area contributed by atoms with Gasteiger partial charge >= 0.3 is 0 Å². The summed E-state index contributed by atoms with van der Waals surface area (Å²) in [5.41, 5.74) is 1.15. The fraction of sp³-hybridized carbons (Fsp3) is 0.400. The Kier molecular flexibility index (Phi) is 4.53. The van der Waals surface area contributed by atoms with Crippen LogP contribution in [0.15, 0.2) is 41.6 Å². The van der Waals surface area contributed by atoms with E-state index in [0.29, 0.717) is 37.0 Å². The second-order valence-electron chi connectivity index (χ2n) is 7.76. The minimum atomic E-state index is -0.219. The van der Waals surface area contributed by atoms with Crippen LogP contribution in [0.2, 0.25) is 0 Å². The van der Waals surface area contributed by atoms with Gasteiger partial charge in [0.15, 0.2) is 0 Å². The zero-order valence-electron chi connectivity index (χ0n) is 16.3. The number of aromatic nitrogens is 5. The molecule has 154 valence electrons. The van der Waals surface area contributed by atoms with Gasteiger partial charge in [-0.3, -0.25) is 19.0 Å². The number of nitrogens with zero attached hydrogens (tertiary/aromatic N) is 7. The predicted molar refractivity (Wildman–Crippen MR) is 106 cm³/mol. The molecular formula is C20H21N7O3. The summed E-state index contributed by atoms with van der Waals surface area (Å²) in [7, 11) is 0. The molecule has 3 aromatic rings. The Morgan fingerprint density at radius 3 is 2.80 bits per heavy atom. The number of carbonyl (C=O) groups is 2. The third kappa shape index (κ3) is 3.34. The molecule has 0 unspecified atom stereocenters. The average molecular weight is 407 g/mol. The summed E-state index contributed by atoms with van der Waals surface area (Å²) in [4.78, 5) is 44.6. The Hall–Kier alpha value is -3.56. The van der Waals surface area contributed by atoms with E-state index in [1.165, 1.54) is 10.9 Å². The zero-order chi connectivity index (χ0) is 20.7. The third-order valence-electron chi connectivity index (χ3n) is 5.71. The van der Waals surface area contributed by atoms with E-state index in [4.69, 9.17) is 0 Å². The lowest BCUT2D eigenvalue weighted by atomic mass is 10.1. The molecule has 10 nitrogen and oxygen atoms in total. The van der Waals surface area contributed by atoms with E-state index >= 15 is 0 Å². The summed E-state index contributed by atoms with van der Waals surface area (Å²) >= 11 is 0. The highest BCUT2D eigenvalue weighted by Gasteiger charge is 2.33. The van der Waals surface area contributed by atoms with Gasteiger partial charge in [-0.2, -0.15) is 0 Å². The van der Waals surface area contributed by atoms with Crippen LogP contribution in [0.4, 0.5) is 0 Å². The molecule has 0 spiro atoms. The van der Waals surface area contributed by atoms with Crippen molar-refractivity contribution in [3.63, 3.8) is 0 Å². The molecular weight excluding hydrogens is 386 g/mol. The van der Waals surface area contributed by atoms with Crippen molar-refractivity contribution in [1.29, 1.82) is 0 Å². The molecule has 2 aliphatic rings. The van der Waals surface area contributed by atoms with E-state index < -0.39 is 0 Å². The van der Waals surface area contributed by atoms with Gasteiger partial charge in [-0.1, -0.05) is 17.3 Å². The van der Waals surface area contributed by atoms with Crippen LogP contribution in [0.1, 0.15) is 24.6 Å². The smallest absolute Gasteiger partial charge is 0.261 e. The molecule has 0 radical (unpaired) electrons. The molecule has 30 heavy (non-hydrogen) atoms. The molecule has 10 heteroatoms. The van der Waals surface area contributed by atoms with Crippen LogP contribution in [0, 0.1) is 0 Å². The second-order valence-corrected chi connectivity index (χ2v) is 7.76. The summed E-state index contributed by atoms with van der Waals surface area (Å²) in [6, 6.07) is 7.14. The molecule has 2 aromatic heterocycles. The maximum atomic E-state index is 12.6. The van der Waals surface area contributed by atoms with Crippen LogP contribution in [-0.4, -0.2) is 65.8 Å². The van der Waals surface area contributed by atoms with Gasteiger partial charge in [-0.15, -0.1) is 5.10 Å². The van der Waals surface area contributed by atoms with Gasteiger partial charge in [-0.25, -0.2) is 9.67 Å². The number of para-hydroxylation sites is 1. The normalized spacial score (nSPS) is 17.0. The summed E-state index contributed by atoms with van der Waals surface area (Å²) in [5.74, 6) is 0.0248. The van der Waals surface area contributed by atoms with Crippen molar-refractivity contribution in [1.82, 2.24) is 34.3 Å². The van der Waals surface area contributed by atoms with Crippen molar-refractivity contribution in [2.45, 2.75) is 32.0 Å². The van der Waals surface area contributed by atoms with Gasteiger partial charge in [0.05, 0.1) is 36.0 Å². The predicted octanol–water partition coefficient (Wildman–Crippen LogP) is 0.194. The molecule has 2 amide bonds. The number of amides is 2. The zero-order valence-corrected chi connectivity index (χ0v) is 16.3. The van der Waals surface area contributed by atoms with E-state index in [-0.39, 0.29) is 30.0 Å². The van der Waals surface area contributed by atoms with Gasteiger partial charge in [0, 0.05) is 26.1 Å². The van der Waals surface area contributed by atoms with E-state index in [0.717, 1.165) is 18.7 Å². The van der Waals surface area contributed by atoms with E-state index in [2.05, 4.69) is 15.3 Å². The SMILES string of the molecule is O=C1CCCN1Cc1cn(C2CN(C(=O)Cn3cnc4ccccc4c3=O)C2)nn1. The maximum Gasteiger partial charge on any atom is 0.261 e. The van der Waals surface area contributed by atoms with Gasteiger partial charge < -0.3 is 9.80 Å². The Morgan fingerprint density at radius 1 is 1.17 bits per heavy atom. The van der Waals surface area contributed by atoms with E-state index in [1.54, 1.807) is 32.7 Å². The summed E-state index contributed by atoms with van der Waals surface area (Å²) in [6.07, 6.45) is 4.76. The number of carbonyl (C=O) groups excluding carboxylic acids is 2. The summed E-state index contributed by atoms with van der Waals surface area (Å²) in [6.45, 7) is 2.23. The Labute approximate surface area is 171 Å². The summed E-state index contributed by atoms with van der Waals surface area (Å²) < 4.78 is 3.10. The maximum absolute atomic E-state index is 12.6. The lowest BCUT2D eigenvalue weighted by Crippen LogP contribution is -2.52. The number of likely N-dealkylation sites (tertiary alicyclic amines) is 2. The van der Waals surface area contributed by atoms with Crippen LogP contribution in [0.3, 0.4) is 0 Å². The van der Waals surface area contributed by atoms with E-state index in [1.807, 2.05) is 12.3 Å². The quantitative estimate of drug-likeness (QED) is 0.598. The van der Waals surface area contributed by atoms with Crippen molar-refractivity contribution in [2.24, 2.45) is 0 Å². The minimum Gasteiger partial charge on any atom is -0.337 e. The molecule has 0 saturated carbocycles. The van der Waals surface area contributed by atoms with Crippen molar-refractivity contribution in [3.8, 4) is 0 Å². The summed E-state index contributed by atoms with van der Waals surface area (Å²) in [5, 5.41) is 8.81. The Morgan fingerprint density at radius 2 is 2.00 bits per heavy atom. The van der Waals surface area contributed by atoms with Crippen molar-refractivity contribution >= 4 is 22.7 Å². The second kappa shape index (κ2) is 7.36. The van der Waals surface area contributed by atoms with Crippen LogP contribution in [0.5, 0.6) is 0 Å². The van der Waals surface area contributed by atoms with Crippen LogP contribution in [-0.2, 0) is 22.7 Å². The first-order chi connectivity index (χ1) is 14.6. The molecule has 0 aliphatic carbocycles. The number of benzene rings is 1. The van der Waals surface area contributed by atoms with Crippen molar-refractivity contribution < 1.29 is 9.59 Å². The Balaban J connectivity index is 1.19. The van der Waals surface area contributed by atoms with Crippen LogP contribution >= 0.6 is 0 Å². The highest BCUT2D eigenvalue weighted by Crippen LogP contribution is 2.21. The first-order valence-corrected chi connectivity index (χ1v) is 9.99. The first-order valence-electron chi connectivity index (χ1n) is 9.99. The molecule has 2 saturated heterocycles. The van der Waals surface area contributed by atoms with Gasteiger partial charge in [0.25, 0.3) is 5.56 Å². The molecule has 1 aromatic carbocycles. The number of hydrogen-bond donors (Lipinski definition) is 0. The van der Waals surface area contributed by atoms with Gasteiger partial charge in [0.1, 0.15) is 12.2 Å². The number of hydrogen-bond acceptors (Lipinski definition) is 6. The molecule has 0 N–H and O–H groups in total. The van der Waals surface area contributed by atoms with Crippen molar-refractivity contribution in [3.05, 3.63) is 52.8 Å². The largest absolute Gasteiger partial charge is 0.337 e. The fourth-order valence-corrected chi connectivity index (χ4v) is 3.92. The lowest BCUT2D eigenvalue weighted by molar-refractivity contribution is -0.138. The monoisotopic (exact) mass is 407 g/mol. The Bertz CT molecular complexity index is 1180. The number of rotatable bonds is 5. The topological polar surface area (TPSA) is 106 Å². The van der Waals surface area contributed by atoms with Crippen LogP contribution < -0.4 is 5.56 Å².